The standard InChI is InChI=1S/C21H18F4N6/c22-16-2-1-13(21(23,24)25)9-15(16)17-10-27-18(30-17)12-4-7-31(8-5-12)20-14-3-6-26-19(14)28-11-29-20/h1-3,6,9-12H,4-5,7-8H2,(H,27,30)(H,26,28,29). The molecule has 31 heavy (non-hydrogen) atoms. The molecule has 1 aromatic carbocycles. The van der Waals surface area contributed by atoms with Gasteiger partial charge in [0.25, 0.3) is 0 Å². The van der Waals surface area contributed by atoms with Crippen LogP contribution in [0.2, 0.25) is 0 Å². The maximum absolute atomic E-state index is 14.2. The Bertz CT molecular complexity index is 1220. The third-order valence-electron chi connectivity index (χ3n) is 5.69. The molecule has 5 rings (SSSR count). The van der Waals surface area contributed by atoms with Crippen LogP contribution in [0.3, 0.4) is 0 Å². The lowest BCUT2D eigenvalue weighted by molar-refractivity contribution is -0.137. The van der Waals surface area contributed by atoms with Gasteiger partial charge in [0.1, 0.15) is 29.4 Å². The topological polar surface area (TPSA) is 73.5 Å². The largest absolute Gasteiger partial charge is 0.416 e. The summed E-state index contributed by atoms with van der Waals surface area (Å²) in [6.07, 6.45) is 1.79. The average Bonchev–Trinajstić information content (AvgIpc) is 3.43. The summed E-state index contributed by atoms with van der Waals surface area (Å²) in [4.78, 5) is 21.3. The highest BCUT2D eigenvalue weighted by molar-refractivity contribution is 5.87. The maximum atomic E-state index is 14.2. The summed E-state index contributed by atoms with van der Waals surface area (Å²) in [6.45, 7) is 1.49. The number of rotatable bonds is 3. The summed E-state index contributed by atoms with van der Waals surface area (Å²) in [5, 5.41) is 0.959. The highest BCUT2D eigenvalue weighted by atomic mass is 19.4. The zero-order chi connectivity index (χ0) is 21.6. The average molecular weight is 430 g/mol. The van der Waals surface area contributed by atoms with Gasteiger partial charge in [-0.1, -0.05) is 0 Å². The van der Waals surface area contributed by atoms with Crippen molar-refractivity contribution in [3.05, 3.63) is 60.2 Å². The maximum Gasteiger partial charge on any atom is 0.416 e. The molecule has 3 aromatic heterocycles. The van der Waals surface area contributed by atoms with E-state index in [1.807, 2.05) is 12.3 Å². The smallest absolute Gasteiger partial charge is 0.356 e. The van der Waals surface area contributed by atoms with Gasteiger partial charge < -0.3 is 14.9 Å². The van der Waals surface area contributed by atoms with Gasteiger partial charge in [-0.3, -0.25) is 0 Å². The summed E-state index contributed by atoms with van der Waals surface area (Å²) >= 11 is 0. The molecule has 160 valence electrons. The Balaban J connectivity index is 1.33. The minimum atomic E-state index is -4.54. The van der Waals surface area contributed by atoms with Crippen LogP contribution in [-0.4, -0.2) is 38.0 Å². The first-order valence-corrected chi connectivity index (χ1v) is 9.85. The number of hydrogen-bond acceptors (Lipinski definition) is 4. The Kier molecular flexibility index (Phi) is 4.64. The van der Waals surface area contributed by atoms with E-state index >= 15 is 0 Å². The van der Waals surface area contributed by atoms with E-state index in [2.05, 4.69) is 29.8 Å². The van der Waals surface area contributed by atoms with E-state index in [4.69, 9.17) is 0 Å². The van der Waals surface area contributed by atoms with E-state index in [1.54, 1.807) is 0 Å². The molecule has 4 aromatic rings. The number of fused-ring (bicyclic) bond motifs is 1. The number of aromatic amines is 2. The number of aromatic nitrogens is 5. The highest BCUT2D eigenvalue weighted by Crippen LogP contribution is 2.35. The monoisotopic (exact) mass is 430 g/mol. The van der Waals surface area contributed by atoms with E-state index in [0.29, 0.717) is 5.82 Å². The van der Waals surface area contributed by atoms with Gasteiger partial charge in [-0.15, -0.1) is 0 Å². The first kappa shape index (κ1) is 19.5. The molecule has 6 nitrogen and oxygen atoms in total. The summed E-state index contributed by atoms with van der Waals surface area (Å²) in [7, 11) is 0. The Morgan fingerprint density at radius 3 is 2.61 bits per heavy atom. The molecule has 1 aliphatic heterocycles. The van der Waals surface area contributed by atoms with Crippen LogP contribution in [0.25, 0.3) is 22.3 Å². The lowest BCUT2D eigenvalue weighted by Gasteiger charge is -2.32. The van der Waals surface area contributed by atoms with E-state index in [-0.39, 0.29) is 17.2 Å². The van der Waals surface area contributed by atoms with Gasteiger partial charge in [-0.2, -0.15) is 13.2 Å². The fraction of sp³-hybridized carbons (Fsp3) is 0.286. The fourth-order valence-electron chi connectivity index (χ4n) is 4.06. The number of nitrogens with zero attached hydrogens (tertiary/aromatic N) is 4. The van der Waals surface area contributed by atoms with Crippen LogP contribution in [0.15, 0.2) is 43.0 Å². The Hall–Kier alpha value is -3.43. The third-order valence-corrected chi connectivity index (χ3v) is 5.69. The van der Waals surface area contributed by atoms with Crippen molar-refractivity contribution < 1.29 is 17.6 Å². The van der Waals surface area contributed by atoms with Crippen LogP contribution in [0.5, 0.6) is 0 Å². The van der Waals surface area contributed by atoms with Gasteiger partial charge in [0, 0.05) is 30.8 Å². The second-order valence-corrected chi connectivity index (χ2v) is 7.57. The zero-order valence-corrected chi connectivity index (χ0v) is 16.2. The van der Waals surface area contributed by atoms with Gasteiger partial charge in [-0.05, 0) is 37.1 Å². The first-order valence-electron chi connectivity index (χ1n) is 9.85. The number of hydrogen-bond donors (Lipinski definition) is 2. The number of alkyl halides is 3. The van der Waals surface area contributed by atoms with Crippen LogP contribution in [-0.2, 0) is 6.18 Å². The van der Waals surface area contributed by atoms with E-state index in [9.17, 15) is 17.6 Å². The Morgan fingerprint density at radius 1 is 1.03 bits per heavy atom. The number of H-pyrrole nitrogens is 2. The molecule has 1 saturated heterocycles. The van der Waals surface area contributed by atoms with Crippen molar-refractivity contribution in [1.82, 2.24) is 24.9 Å². The quantitative estimate of drug-likeness (QED) is 0.454. The van der Waals surface area contributed by atoms with Crippen LogP contribution in [0.4, 0.5) is 23.4 Å². The van der Waals surface area contributed by atoms with Crippen molar-refractivity contribution in [2.75, 3.05) is 18.0 Å². The number of imidazole rings is 1. The molecule has 2 N–H and O–H groups in total. The van der Waals surface area contributed by atoms with Crippen LogP contribution >= 0.6 is 0 Å². The molecule has 0 amide bonds. The van der Waals surface area contributed by atoms with Crippen molar-refractivity contribution >= 4 is 16.9 Å². The van der Waals surface area contributed by atoms with Gasteiger partial charge in [-0.25, -0.2) is 19.3 Å². The Morgan fingerprint density at radius 2 is 1.84 bits per heavy atom. The number of anilines is 1. The second kappa shape index (κ2) is 7.36. The molecular formula is C21H18F4N6. The first-order chi connectivity index (χ1) is 14.9. The molecule has 1 fully saturated rings. The lowest BCUT2D eigenvalue weighted by Crippen LogP contribution is -2.33. The number of piperidine rings is 1. The van der Waals surface area contributed by atoms with Gasteiger partial charge in [0.2, 0.25) is 0 Å². The van der Waals surface area contributed by atoms with Crippen molar-refractivity contribution in [2.24, 2.45) is 0 Å². The van der Waals surface area contributed by atoms with Crippen LogP contribution < -0.4 is 4.90 Å². The normalized spacial score (nSPS) is 15.7. The molecule has 0 bridgehead atoms. The summed E-state index contributed by atoms with van der Waals surface area (Å²) < 4.78 is 53.2. The number of benzene rings is 1. The molecule has 0 aliphatic carbocycles. The Labute approximate surface area is 174 Å². The summed E-state index contributed by atoms with van der Waals surface area (Å²) in [5.74, 6) is 0.900. The lowest BCUT2D eigenvalue weighted by atomic mass is 9.96. The van der Waals surface area contributed by atoms with Gasteiger partial charge >= 0.3 is 6.18 Å². The zero-order valence-electron chi connectivity index (χ0n) is 16.2. The molecule has 0 unspecified atom stereocenters. The molecular weight excluding hydrogens is 412 g/mol. The molecule has 0 radical (unpaired) electrons. The number of halogens is 4. The fourth-order valence-corrected chi connectivity index (χ4v) is 4.06. The summed E-state index contributed by atoms with van der Waals surface area (Å²) in [6, 6.07) is 4.33. The SMILES string of the molecule is Fc1ccc(C(F)(F)F)cc1-c1cnc(C2CCN(c3ncnc4[nH]ccc34)CC2)[nH]1. The van der Waals surface area contributed by atoms with Gasteiger partial charge in [0.15, 0.2) is 0 Å². The van der Waals surface area contributed by atoms with Crippen molar-refractivity contribution in [3.63, 3.8) is 0 Å². The van der Waals surface area contributed by atoms with Crippen molar-refractivity contribution in [3.8, 4) is 11.3 Å². The minimum absolute atomic E-state index is 0.0995. The van der Waals surface area contributed by atoms with E-state index in [0.717, 1.165) is 61.0 Å². The predicted molar refractivity (Wildman–Crippen MR) is 107 cm³/mol. The van der Waals surface area contributed by atoms with Crippen LogP contribution in [0.1, 0.15) is 30.1 Å². The van der Waals surface area contributed by atoms with E-state index in [1.165, 1.54) is 12.5 Å². The van der Waals surface area contributed by atoms with Crippen LogP contribution in [0, 0.1) is 5.82 Å². The van der Waals surface area contributed by atoms with Crippen molar-refractivity contribution in [1.29, 1.82) is 0 Å². The minimum Gasteiger partial charge on any atom is -0.356 e. The molecule has 0 saturated carbocycles. The molecule has 0 spiro atoms. The highest BCUT2D eigenvalue weighted by Gasteiger charge is 2.31. The summed E-state index contributed by atoms with van der Waals surface area (Å²) in [5.41, 5.74) is -0.00657. The predicted octanol–water partition coefficient (Wildman–Crippen LogP) is 4.89. The molecule has 1 aliphatic rings. The molecule has 4 heterocycles. The van der Waals surface area contributed by atoms with Crippen molar-refractivity contribution in [2.45, 2.75) is 24.9 Å². The number of nitrogens with one attached hydrogen (secondary N) is 2. The van der Waals surface area contributed by atoms with Gasteiger partial charge in [0.05, 0.1) is 22.8 Å². The van der Waals surface area contributed by atoms with E-state index < -0.39 is 17.6 Å². The second-order valence-electron chi connectivity index (χ2n) is 7.57. The molecule has 0 atom stereocenters. The third kappa shape index (κ3) is 3.62. The molecule has 10 heteroatoms.